The molecule has 1 fully saturated rings. The number of likely N-dealkylation sites (N-methyl/N-ethyl adjacent to an activating group) is 1. The first-order valence-electron chi connectivity index (χ1n) is 11.8. The summed E-state index contributed by atoms with van der Waals surface area (Å²) in [5, 5.41) is 13.6. The Morgan fingerprint density at radius 3 is 2.32 bits per heavy atom. The Labute approximate surface area is 203 Å². The van der Waals surface area contributed by atoms with E-state index in [1.54, 1.807) is 20.8 Å². The first-order valence-corrected chi connectivity index (χ1v) is 11.8. The van der Waals surface area contributed by atoms with E-state index in [0.717, 1.165) is 12.0 Å². The van der Waals surface area contributed by atoms with Gasteiger partial charge in [-0.15, -0.1) is 0 Å². The normalized spacial score (nSPS) is 26.6. The van der Waals surface area contributed by atoms with Crippen molar-refractivity contribution < 1.29 is 24.2 Å². The number of rotatable bonds is 5. The molecule has 9 nitrogen and oxygen atoms in total. The van der Waals surface area contributed by atoms with Gasteiger partial charge in [0.25, 0.3) is 0 Å². The summed E-state index contributed by atoms with van der Waals surface area (Å²) in [4.78, 5) is 42.1. The molecule has 1 aliphatic heterocycles. The van der Waals surface area contributed by atoms with Crippen molar-refractivity contribution in [1.29, 1.82) is 0 Å². The van der Waals surface area contributed by atoms with E-state index in [4.69, 9.17) is 10.5 Å². The van der Waals surface area contributed by atoms with Gasteiger partial charge in [-0.3, -0.25) is 9.59 Å². The van der Waals surface area contributed by atoms with Crippen molar-refractivity contribution in [3.63, 3.8) is 0 Å². The van der Waals surface area contributed by atoms with Gasteiger partial charge in [-0.1, -0.05) is 39.0 Å². The fourth-order valence-corrected chi connectivity index (χ4v) is 4.36. The number of allylic oxidation sites excluding steroid dienone is 1. The fourth-order valence-electron chi connectivity index (χ4n) is 4.36. The lowest BCUT2D eigenvalue weighted by molar-refractivity contribution is -0.149. The summed E-state index contributed by atoms with van der Waals surface area (Å²) < 4.78 is 5.37. The lowest BCUT2D eigenvalue weighted by Crippen LogP contribution is -2.63. The molecule has 192 valence electrons. The number of amides is 3. The average Bonchev–Trinajstić information content (AvgIpc) is 2.69. The molecule has 2 aliphatic rings. The van der Waals surface area contributed by atoms with Gasteiger partial charge in [0.1, 0.15) is 17.7 Å². The molecule has 0 aromatic carbocycles. The lowest BCUT2D eigenvalue weighted by Gasteiger charge is -2.45. The molecule has 0 aromatic heterocycles. The zero-order valence-corrected chi connectivity index (χ0v) is 21.8. The Morgan fingerprint density at radius 2 is 1.82 bits per heavy atom. The number of nitrogens with zero attached hydrogens (tertiary/aromatic N) is 2. The van der Waals surface area contributed by atoms with Crippen LogP contribution < -0.4 is 11.1 Å². The maximum absolute atomic E-state index is 13.8. The summed E-state index contributed by atoms with van der Waals surface area (Å²) in [6.45, 7) is 10.8. The van der Waals surface area contributed by atoms with Crippen LogP contribution in [-0.4, -0.2) is 83.3 Å². The quantitative estimate of drug-likeness (QED) is 0.553. The van der Waals surface area contributed by atoms with E-state index in [2.05, 4.69) is 22.4 Å². The number of primary amides is 1. The predicted molar refractivity (Wildman–Crippen MR) is 131 cm³/mol. The van der Waals surface area contributed by atoms with E-state index in [-0.39, 0.29) is 24.9 Å². The highest BCUT2D eigenvalue weighted by Gasteiger charge is 2.45. The lowest BCUT2D eigenvalue weighted by atomic mass is 9.80. The highest BCUT2D eigenvalue weighted by molar-refractivity contribution is 5.91. The van der Waals surface area contributed by atoms with Crippen LogP contribution >= 0.6 is 0 Å². The van der Waals surface area contributed by atoms with Gasteiger partial charge >= 0.3 is 6.09 Å². The number of nitrogens with two attached hydrogens (primary N) is 1. The second-order valence-corrected chi connectivity index (χ2v) is 11.6. The van der Waals surface area contributed by atoms with E-state index in [0.29, 0.717) is 0 Å². The van der Waals surface area contributed by atoms with Crippen molar-refractivity contribution >= 4 is 17.9 Å². The third kappa shape index (κ3) is 7.06. The number of alkyl carbamates (subject to hydrolysis) is 1. The summed E-state index contributed by atoms with van der Waals surface area (Å²) in [5.74, 6) is -1.49. The van der Waals surface area contributed by atoms with Crippen LogP contribution in [0.25, 0.3) is 0 Å². The number of carbonyl (C=O) groups excluding carboxylic acids is 3. The van der Waals surface area contributed by atoms with Crippen LogP contribution in [0.3, 0.4) is 0 Å². The summed E-state index contributed by atoms with van der Waals surface area (Å²) in [6.07, 6.45) is 5.48. The van der Waals surface area contributed by atoms with Crippen LogP contribution in [0.1, 0.15) is 54.4 Å². The minimum Gasteiger partial charge on any atom is -0.444 e. The van der Waals surface area contributed by atoms with E-state index in [1.165, 1.54) is 4.90 Å². The zero-order chi connectivity index (χ0) is 26.0. The smallest absolute Gasteiger partial charge is 0.408 e. The van der Waals surface area contributed by atoms with Gasteiger partial charge < -0.3 is 30.7 Å². The topological polar surface area (TPSA) is 125 Å². The minimum absolute atomic E-state index is 0.0346. The highest BCUT2D eigenvalue weighted by Crippen LogP contribution is 2.33. The summed E-state index contributed by atoms with van der Waals surface area (Å²) >= 11 is 0. The van der Waals surface area contributed by atoms with Gasteiger partial charge in [0.2, 0.25) is 11.8 Å². The van der Waals surface area contributed by atoms with Gasteiger partial charge in [0, 0.05) is 24.9 Å². The van der Waals surface area contributed by atoms with Gasteiger partial charge in [-0.25, -0.2) is 4.79 Å². The number of hydrogen-bond acceptors (Lipinski definition) is 6. The van der Waals surface area contributed by atoms with Crippen molar-refractivity contribution in [2.24, 2.45) is 17.1 Å². The number of piperidine rings is 1. The molecule has 1 aliphatic carbocycles. The Kier molecular flexibility index (Phi) is 8.58. The number of aliphatic hydroxyl groups is 1. The second kappa shape index (κ2) is 10.5. The van der Waals surface area contributed by atoms with Gasteiger partial charge in [-0.05, 0) is 52.3 Å². The highest BCUT2D eigenvalue weighted by atomic mass is 16.6. The van der Waals surface area contributed by atoms with Gasteiger partial charge in [0.15, 0.2) is 0 Å². The van der Waals surface area contributed by atoms with Crippen LogP contribution in [0.2, 0.25) is 0 Å². The number of aliphatic hydroxyl groups excluding tert-OH is 1. The molecule has 1 saturated heterocycles. The number of hydrogen-bond donors (Lipinski definition) is 3. The van der Waals surface area contributed by atoms with Crippen LogP contribution in [-0.2, 0) is 14.3 Å². The number of carbonyl (C=O) groups is 3. The molecule has 2 rings (SSSR count). The van der Waals surface area contributed by atoms with Crippen molar-refractivity contribution in [2.45, 2.75) is 84.2 Å². The number of ether oxygens (including phenoxy) is 1. The molecule has 0 radical (unpaired) electrons. The molecule has 0 spiro atoms. The Hall–Kier alpha value is -2.39. The maximum atomic E-state index is 13.8. The van der Waals surface area contributed by atoms with E-state index < -0.39 is 47.1 Å². The Bertz CT molecular complexity index is 837. The monoisotopic (exact) mass is 478 g/mol. The number of nitrogens with one attached hydrogen (secondary N) is 1. The molecule has 9 heteroatoms. The molecule has 0 bridgehead atoms. The molecule has 3 amide bonds. The van der Waals surface area contributed by atoms with E-state index in [1.807, 2.05) is 40.9 Å². The molecule has 4 N–H and O–H groups in total. The van der Waals surface area contributed by atoms with Crippen LogP contribution in [0.15, 0.2) is 23.8 Å². The van der Waals surface area contributed by atoms with Crippen LogP contribution in [0, 0.1) is 11.3 Å². The van der Waals surface area contributed by atoms with Gasteiger partial charge in [-0.2, -0.15) is 0 Å². The zero-order valence-electron chi connectivity index (χ0n) is 21.8. The molecule has 1 heterocycles. The molecule has 1 unspecified atom stereocenters. The summed E-state index contributed by atoms with van der Waals surface area (Å²) in [7, 11) is 3.98. The molecule has 5 atom stereocenters. The van der Waals surface area contributed by atoms with Crippen molar-refractivity contribution in [3.05, 3.63) is 23.8 Å². The fraction of sp³-hybridized carbons (Fsp3) is 0.720. The average molecular weight is 479 g/mol. The van der Waals surface area contributed by atoms with Gasteiger partial charge in [0.05, 0.1) is 6.10 Å². The van der Waals surface area contributed by atoms with Crippen LogP contribution in [0.4, 0.5) is 4.79 Å². The SMILES string of the molecule is CN(C)C1C=C([C@H]2CN(C(=O)[C@@H](NC(=O)OC(C)(C)C)C(C)(C)C)[C@H](C(N)=O)C[C@@H]2O)C=CC1. The summed E-state index contributed by atoms with van der Waals surface area (Å²) in [5.41, 5.74) is 5.17. The second-order valence-electron chi connectivity index (χ2n) is 11.6. The van der Waals surface area contributed by atoms with E-state index in [9.17, 15) is 19.5 Å². The molecule has 34 heavy (non-hydrogen) atoms. The molecule has 0 aromatic rings. The molecular formula is C25H42N4O5. The Balaban J connectivity index is 2.36. The van der Waals surface area contributed by atoms with Crippen molar-refractivity contribution in [3.8, 4) is 0 Å². The summed E-state index contributed by atoms with van der Waals surface area (Å²) in [6, 6.07) is -1.74. The van der Waals surface area contributed by atoms with Crippen molar-refractivity contribution in [1.82, 2.24) is 15.1 Å². The largest absolute Gasteiger partial charge is 0.444 e. The first-order chi connectivity index (χ1) is 15.5. The Morgan fingerprint density at radius 1 is 1.21 bits per heavy atom. The number of likely N-dealkylation sites (tertiary alicyclic amines) is 1. The molecular weight excluding hydrogens is 436 g/mol. The predicted octanol–water partition coefficient (Wildman–Crippen LogP) is 1.81. The molecule has 0 saturated carbocycles. The van der Waals surface area contributed by atoms with Crippen molar-refractivity contribution in [2.75, 3.05) is 20.6 Å². The van der Waals surface area contributed by atoms with E-state index >= 15 is 0 Å². The first kappa shape index (κ1) is 27.9. The maximum Gasteiger partial charge on any atom is 0.408 e. The third-order valence-corrected chi connectivity index (χ3v) is 6.25. The third-order valence-electron chi connectivity index (χ3n) is 6.25. The standard InChI is InChI=1S/C25H42N4O5/c1-24(2,3)20(27-23(33)34-25(4,5)6)22(32)29-14-17(19(30)13-18(29)21(26)31)15-10-9-11-16(12-15)28(7)8/h9-10,12,16-20,30H,11,13-14H2,1-8H3,(H2,26,31)(H,27,33)/t16?,17-,18+,19+,20-/m1/s1. The van der Waals surface area contributed by atoms with Crippen LogP contribution in [0.5, 0.6) is 0 Å². The minimum atomic E-state index is -0.971.